The number of allylic oxidation sites excluding steroid dienone is 2. The summed E-state index contributed by atoms with van der Waals surface area (Å²) in [7, 11) is 2.30. The normalized spacial score (nSPS) is 23.8. The average Bonchev–Trinajstić information content (AvgIpc) is 3.30. The molecule has 0 aromatic heterocycles. The molecule has 0 amide bonds. The van der Waals surface area contributed by atoms with Gasteiger partial charge >= 0.3 is 12.1 Å². The molecule has 1 aromatic carbocycles. The van der Waals surface area contributed by atoms with E-state index in [-0.39, 0.29) is 21.9 Å². The van der Waals surface area contributed by atoms with Gasteiger partial charge in [0.1, 0.15) is 17.3 Å². The molecule has 12 heteroatoms. The molecule has 7 nitrogen and oxygen atoms in total. The SMILES string of the molecule is COC(=O)C12CCCC1C(c1cc(/C(N)=C(/C=C(\N)C(F)(F)F)OC)c(F)cc1Cl)=NO2. The van der Waals surface area contributed by atoms with Gasteiger partial charge < -0.3 is 25.8 Å². The molecule has 1 fully saturated rings. The van der Waals surface area contributed by atoms with Gasteiger partial charge in [-0.15, -0.1) is 0 Å². The highest BCUT2D eigenvalue weighted by Gasteiger charge is 2.59. The van der Waals surface area contributed by atoms with Gasteiger partial charge in [-0.25, -0.2) is 9.18 Å². The highest BCUT2D eigenvalue weighted by Crippen LogP contribution is 2.47. The lowest BCUT2D eigenvalue weighted by Gasteiger charge is -2.23. The number of methoxy groups -OCH3 is 2. The van der Waals surface area contributed by atoms with Crippen LogP contribution in [0.3, 0.4) is 0 Å². The molecule has 2 atom stereocenters. The summed E-state index contributed by atoms with van der Waals surface area (Å²) in [6.07, 6.45) is -2.80. The molecule has 3 rings (SSSR count). The van der Waals surface area contributed by atoms with Crippen LogP contribution < -0.4 is 11.5 Å². The number of esters is 1. The summed E-state index contributed by atoms with van der Waals surface area (Å²) in [5.74, 6) is -2.50. The van der Waals surface area contributed by atoms with Gasteiger partial charge in [0.25, 0.3) is 0 Å². The van der Waals surface area contributed by atoms with E-state index in [1.165, 1.54) is 13.2 Å². The summed E-state index contributed by atoms with van der Waals surface area (Å²) in [5, 5.41) is 3.97. The van der Waals surface area contributed by atoms with E-state index in [0.717, 1.165) is 13.2 Å². The Balaban J connectivity index is 2.09. The smallest absolute Gasteiger partial charge is 0.430 e. The maximum Gasteiger partial charge on any atom is 0.430 e. The molecule has 0 spiro atoms. The minimum Gasteiger partial charge on any atom is -0.495 e. The second kappa shape index (κ2) is 8.53. The van der Waals surface area contributed by atoms with Crippen molar-refractivity contribution in [3.8, 4) is 0 Å². The Morgan fingerprint density at radius 2 is 2.00 bits per heavy atom. The van der Waals surface area contributed by atoms with E-state index in [9.17, 15) is 22.4 Å². The molecule has 1 saturated carbocycles. The van der Waals surface area contributed by atoms with Crippen LogP contribution in [0.4, 0.5) is 17.6 Å². The molecule has 4 N–H and O–H groups in total. The van der Waals surface area contributed by atoms with Crippen LogP contribution in [0.2, 0.25) is 5.02 Å². The third-order valence-electron chi connectivity index (χ3n) is 5.49. The monoisotopic (exact) mass is 477 g/mol. The molecule has 0 radical (unpaired) electrons. The number of fused-ring (bicyclic) bond motifs is 1. The first kappa shape index (κ1) is 23.7. The van der Waals surface area contributed by atoms with Crippen LogP contribution in [0.1, 0.15) is 30.4 Å². The number of carbonyl (C=O) groups excluding carboxylic acids is 1. The molecule has 2 aliphatic rings. The van der Waals surface area contributed by atoms with E-state index >= 15 is 0 Å². The minimum absolute atomic E-state index is 0.0433. The summed E-state index contributed by atoms with van der Waals surface area (Å²) in [5.41, 5.74) is 7.93. The van der Waals surface area contributed by atoms with Crippen molar-refractivity contribution in [2.45, 2.75) is 31.0 Å². The fraction of sp³-hybridized carbons (Fsp3) is 0.400. The second-order valence-corrected chi connectivity index (χ2v) is 7.69. The fourth-order valence-electron chi connectivity index (χ4n) is 3.88. The summed E-state index contributed by atoms with van der Waals surface area (Å²) in [6, 6.07) is 2.16. The van der Waals surface area contributed by atoms with Crippen LogP contribution in [0.25, 0.3) is 5.70 Å². The zero-order valence-electron chi connectivity index (χ0n) is 17.1. The zero-order chi connectivity index (χ0) is 23.8. The van der Waals surface area contributed by atoms with Crippen LogP contribution >= 0.6 is 11.6 Å². The average molecular weight is 478 g/mol. The number of oxime groups is 1. The van der Waals surface area contributed by atoms with Gasteiger partial charge in [-0.2, -0.15) is 13.2 Å². The summed E-state index contributed by atoms with van der Waals surface area (Å²) in [4.78, 5) is 17.8. The van der Waals surface area contributed by atoms with E-state index in [1.807, 2.05) is 0 Å². The molecule has 174 valence electrons. The Labute approximate surface area is 185 Å². The van der Waals surface area contributed by atoms with Crippen molar-refractivity contribution < 1.29 is 36.7 Å². The van der Waals surface area contributed by atoms with E-state index in [1.54, 1.807) is 0 Å². The summed E-state index contributed by atoms with van der Waals surface area (Å²) < 4.78 is 62.8. The Morgan fingerprint density at radius 3 is 2.59 bits per heavy atom. The van der Waals surface area contributed by atoms with Gasteiger partial charge in [-0.1, -0.05) is 16.8 Å². The van der Waals surface area contributed by atoms with Gasteiger partial charge in [0.2, 0.25) is 5.60 Å². The molecule has 1 aliphatic heterocycles. The first-order valence-corrected chi connectivity index (χ1v) is 9.76. The molecule has 0 bridgehead atoms. The van der Waals surface area contributed by atoms with Gasteiger partial charge in [0.15, 0.2) is 0 Å². The number of benzene rings is 1. The van der Waals surface area contributed by atoms with Crippen molar-refractivity contribution in [1.29, 1.82) is 0 Å². The lowest BCUT2D eigenvalue weighted by molar-refractivity contribution is -0.168. The first-order valence-electron chi connectivity index (χ1n) is 9.38. The number of alkyl halides is 3. The molecule has 32 heavy (non-hydrogen) atoms. The fourth-order valence-corrected chi connectivity index (χ4v) is 4.13. The van der Waals surface area contributed by atoms with Crippen LogP contribution in [-0.2, 0) is 19.1 Å². The van der Waals surface area contributed by atoms with Crippen LogP contribution in [0, 0.1) is 11.7 Å². The molecule has 1 aromatic rings. The van der Waals surface area contributed by atoms with Crippen molar-refractivity contribution in [2.75, 3.05) is 14.2 Å². The second-order valence-electron chi connectivity index (χ2n) is 7.29. The van der Waals surface area contributed by atoms with Crippen molar-refractivity contribution in [2.24, 2.45) is 22.5 Å². The van der Waals surface area contributed by atoms with Gasteiger partial charge in [0.05, 0.1) is 36.6 Å². The van der Waals surface area contributed by atoms with Crippen LogP contribution in [-0.4, -0.2) is 37.7 Å². The van der Waals surface area contributed by atoms with Crippen LogP contribution in [0.15, 0.2) is 34.8 Å². The summed E-state index contributed by atoms with van der Waals surface area (Å²) in [6.45, 7) is 0. The lowest BCUT2D eigenvalue weighted by Crippen LogP contribution is -2.43. The summed E-state index contributed by atoms with van der Waals surface area (Å²) >= 11 is 6.23. The van der Waals surface area contributed by atoms with Crippen molar-refractivity contribution >= 4 is 29.0 Å². The van der Waals surface area contributed by atoms with Crippen LogP contribution in [0.5, 0.6) is 0 Å². The number of nitrogens with zero attached hydrogens (tertiary/aromatic N) is 1. The topological polar surface area (TPSA) is 109 Å². The third-order valence-corrected chi connectivity index (χ3v) is 5.81. The van der Waals surface area contributed by atoms with Crippen molar-refractivity contribution in [3.63, 3.8) is 0 Å². The molecular weight excluding hydrogens is 458 g/mol. The number of hydrogen-bond acceptors (Lipinski definition) is 7. The van der Waals surface area contributed by atoms with E-state index < -0.39 is 46.6 Å². The Kier molecular flexibility index (Phi) is 6.32. The standard InChI is InChI=1S/C20H20ClF4N3O4/c1-30-14(8-15(26)20(23,24)25)16(27)10-6-9(12(21)7-13(10)22)17-11-4-3-5-19(11,32-28-17)18(29)31-2/h6-8,11H,3-5,26-27H2,1-2H3/b15-8-,16-14+. The lowest BCUT2D eigenvalue weighted by atomic mass is 9.84. The quantitative estimate of drug-likeness (QED) is 0.290. The highest BCUT2D eigenvalue weighted by molar-refractivity contribution is 6.34. The number of halogens is 5. The predicted octanol–water partition coefficient (Wildman–Crippen LogP) is 3.60. The minimum atomic E-state index is -4.83. The Bertz CT molecular complexity index is 1040. The largest absolute Gasteiger partial charge is 0.495 e. The van der Waals surface area contributed by atoms with Crippen molar-refractivity contribution in [3.05, 3.63) is 51.6 Å². The van der Waals surface area contributed by atoms with E-state index in [2.05, 4.69) is 5.16 Å². The van der Waals surface area contributed by atoms with Gasteiger partial charge in [-0.05, 0) is 25.0 Å². The number of carbonyl (C=O) groups is 1. The maximum absolute atomic E-state index is 14.7. The Hall–Kier alpha value is -2.95. The predicted molar refractivity (Wildman–Crippen MR) is 108 cm³/mol. The number of nitrogens with two attached hydrogens (primary N) is 2. The number of rotatable bonds is 5. The first-order chi connectivity index (χ1) is 15.0. The molecule has 1 heterocycles. The van der Waals surface area contributed by atoms with Gasteiger partial charge in [-0.3, -0.25) is 0 Å². The van der Waals surface area contributed by atoms with E-state index in [0.29, 0.717) is 25.3 Å². The van der Waals surface area contributed by atoms with Gasteiger partial charge in [0, 0.05) is 23.6 Å². The zero-order valence-corrected chi connectivity index (χ0v) is 17.8. The third kappa shape index (κ3) is 3.96. The molecule has 0 saturated heterocycles. The highest BCUT2D eigenvalue weighted by atomic mass is 35.5. The maximum atomic E-state index is 14.7. The van der Waals surface area contributed by atoms with E-state index in [4.69, 9.17) is 37.4 Å². The molecule has 1 aliphatic carbocycles. The molecular formula is C20H20ClF4N3O4. The number of ether oxygens (including phenoxy) is 2. The molecule has 2 unspecified atom stereocenters. The number of hydrogen-bond donors (Lipinski definition) is 2. The Morgan fingerprint density at radius 1 is 1.31 bits per heavy atom. The van der Waals surface area contributed by atoms with Crippen molar-refractivity contribution in [1.82, 2.24) is 0 Å².